The average Bonchev–Trinajstić information content (AvgIpc) is 2.53. The normalized spacial score (nSPS) is 12.4. The Morgan fingerprint density at radius 3 is 2.43 bits per heavy atom. The number of carbonyl (C=O) groups excluding carboxylic acids is 1. The summed E-state index contributed by atoms with van der Waals surface area (Å²) in [4.78, 5) is 16.2. The fourth-order valence-corrected chi connectivity index (χ4v) is 2.78. The number of nitrogens with one attached hydrogen (secondary N) is 1. The van der Waals surface area contributed by atoms with E-state index in [2.05, 4.69) is 60.5 Å². The summed E-state index contributed by atoms with van der Waals surface area (Å²) in [7, 11) is 1.82. The maximum absolute atomic E-state index is 11.5. The topological polar surface area (TPSA) is 42.0 Å². The van der Waals surface area contributed by atoms with E-state index in [9.17, 15) is 4.79 Å². The highest BCUT2D eigenvalue weighted by Crippen LogP contribution is 2.24. The molecule has 3 heteroatoms. The highest BCUT2D eigenvalue weighted by atomic mass is 16.1. The van der Waals surface area contributed by atoms with E-state index in [0.717, 1.165) is 17.7 Å². The molecule has 1 aromatic heterocycles. The number of pyridine rings is 1. The van der Waals surface area contributed by atoms with Crippen LogP contribution in [0.3, 0.4) is 0 Å². The first-order valence-corrected chi connectivity index (χ1v) is 8.22. The number of benzene rings is 1. The van der Waals surface area contributed by atoms with Gasteiger partial charge in [0, 0.05) is 11.8 Å². The van der Waals surface area contributed by atoms with Gasteiger partial charge in [-0.2, -0.15) is 0 Å². The van der Waals surface area contributed by atoms with Crippen LogP contribution >= 0.6 is 0 Å². The molecule has 0 unspecified atom stereocenters. The third-order valence-electron chi connectivity index (χ3n) is 4.03. The number of ketones is 1. The van der Waals surface area contributed by atoms with Crippen LogP contribution in [0.5, 0.6) is 0 Å². The van der Waals surface area contributed by atoms with E-state index in [-0.39, 0.29) is 11.8 Å². The van der Waals surface area contributed by atoms with Crippen LogP contribution < -0.4 is 5.32 Å². The first-order chi connectivity index (χ1) is 11.0. The van der Waals surface area contributed by atoms with Gasteiger partial charge in [-0.25, -0.2) is 0 Å². The molecule has 0 bridgehead atoms. The van der Waals surface area contributed by atoms with Gasteiger partial charge in [-0.1, -0.05) is 44.2 Å². The van der Waals surface area contributed by atoms with Crippen LogP contribution in [0.15, 0.2) is 42.6 Å². The van der Waals surface area contributed by atoms with E-state index in [1.54, 1.807) is 6.92 Å². The molecular weight excluding hydrogens is 284 g/mol. The van der Waals surface area contributed by atoms with Gasteiger partial charge in [-0.3, -0.25) is 9.78 Å². The fraction of sp³-hybridized carbons (Fsp3) is 0.400. The second-order valence-electron chi connectivity index (χ2n) is 6.46. The number of hydrogen-bond donors (Lipinski definition) is 1. The molecule has 1 heterocycles. The standard InChI is InChI=1S/C20H26N2O/c1-14(2)11-17-7-5-6-8-18(17)19-10-9-16(13-22-19)12-20(21-4)15(3)23/h5-10,13-14,20-21H,11-12H2,1-4H3/t20-/m0/s1. The van der Waals surface area contributed by atoms with Gasteiger partial charge in [0.25, 0.3) is 0 Å². The van der Waals surface area contributed by atoms with E-state index in [4.69, 9.17) is 0 Å². The smallest absolute Gasteiger partial charge is 0.147 e. The molecule has 3 nitrogen and oxygen atoms in total. The summed E-state index contributed by atoms with van der Waals surface area (Å²) < 4.78 is 0. The van der Waals surface area contributed by atoms with Crippen molar-refractivity contribution in [1.29, 1.82) is 0 Å². The number of aromatic nitrogens is 1. The van der Waals surface area contributed by atoms with E-state index < -0.39 is 0 Å². The Labute approximate surface area is 139 Å². The Hall–Kier alpha value is -2.00. The first-order valence-electron chi connectivity index (χ1n) is 8.22. The molecule has 0 aliphatic heterocycles. The quantitative estimate of drug-likeness (QED) is 0.848. The minimum Gasteiger partial charge on any atom is -0.310 e. The van der Waals surface area contributed by atoms with Crippen molar-refractivity contribution in [2.75, 3.05) is 7.05 Å². The van der Waals surface area contributed by atoms with Crippen LogP contribution in [-0.2, 0) is 17.6 Å². The molecule has 1 atom stereocenters. The third kappa shape index (κ3) is 4.73. The molecule has 2 rings (SSSR count). The predicted molar refractivity (Wildman–Crippen MR) is 95.4 cm³/mol. The summed E-state index contributed by atoms with van der Waals surface area (Å²) in [6.07, 6.45) is 3.60. The summed E-state index contributed by atoms with van der Waals surface area (Å²) in [5, 5.41) is 3.05. The minimum atomic E-state index is -0.143. The second-order valence-corrected chi connectivity index (χ2v) is 6.46. The van der Waals surface area contributed by atoms with Gasteiger partial charge in [-0.15, -0.1) is 0 Å². The number of hydrogen-bond acceptors (Lipinski definition) is 3. The van der Waals surface area contributed by atoms with Crippen molar-refractivity contribution in [2.24, 2.45) is 5.92 Å². The summed E-state index contributed by atoms with van der Waals surface area (Å²) >= 11 is 0. The Morgan fingerprint density at radius 1 is 1.13 bits per heavy atom. The number of nitrogens with zero attached hydrogens (tertiary/aromatic N) is 1. The molecule has 2 aromatic rings. The van der Waals surface area contributed by atoms with Crippen LogP contribution in [0.1, 0.15) is 31.9 Å². The maximum Gasteiger partial charge on any atom is 0.147 e. The van der Waals surface area contributed by atoms with Crippen molar-refractivity contribution in [1.82, 2.24) is 10.3 Å². The highest BCUT2D eigenvalue weighted by molar-refractivity contribution is 5.81. The zero-order valence-electron chi connectivity index (χ0n) is 14.5. The van der Waals surface area contributed by atoms with Gasteiger partial charge >= 0.3 is 0 Å². The molecule has 122 valence electrons. The van der Waals surface area contributed by atoms with Gasteiger partial charge < -0.3 is 5.32 Å². The lowest BCUT2D eigenvalue weighted by Gasteiger charge is -2.14. The van der Waals surface area contributed by atoms with Gasteiger partial charge in [-0.05, 0) is 49.9 Å². The number of likely N-dealkylation sites (N-methyl/N-ethyl adjacent to an activating group) is 1. The van der Waals surface area contributed by atoms with Crippen molar-refractivity contribution >= 4 is 5.78 Å². The SMILES string of the molecule is CN[C@@H](Cc1ccc(-c2ccccc2CC(C)C)nc1)C(C)=O. The predicted octanol–water partition coefficient (Wildman–Crippen LogP) is 3.67. The fourth-order valence-electron chi connectivity index (χ4n) is 2.78. The highest BCUT2D eigenvalue weighted by Gasteiger charge is 2.13. The monoisotopic (exact) mass is 310 g/mol. The summed E-state index contributed by atoms with van der Waals surface area (Å²) in [5.41, 5.74) is 4.60. The maximum atomic E-state index is 11.5. The Kier molecular flexibility index (Phi) is 6.05. The lowest BCUT2D eigenvalue weighted by Crippen LogP contribution is -2.34. The van der Waals surface area contributed by atoms with Crippen LogP contribution in [0.25, 0.3) is 11.3 Å². The molecule has 0 spiro atoms. The van der Waals surface area contributed by atoms with Crippen molar-refractivity contribution < 1.29 is 4.79 Å². The van der Waals surface area contributed by atoms with Gasteiger partial charge in [0.2, 0.25) is 0 Å². The molecule has 0 radical (unpaired) electrons. The Morgan fingerprint density at radius 2 is 1.87 bits per heavy atom. The molecule has 0 amide bonds. The molecule has 0 saturated heterocycles. The van der Waals surface area contributed by atoms with Gasteiger partial charge in [0.1, 0.15) is 5.78 Å². The third-order valence-corrected chi connectivity index (χ3v) is 4.03. The van der Waals surface area contributed by atoms with E-state index in [1.165, 1.54) is 11.1 Å². The van der Waals surface area contributed by atoms with E-state index in [1.807, 2.05) is 13.2 Å². The van der Waals surface area contributed by atoms with Gasteiger partial charge in [0.05, 0.1) is 11.7 Å². The van der Waals surface area contributed by atoms with E-state index >= 15 is 0 Å². The van der Waals surface area contributed by atoms with Crippen LogP contribution in [0.4, 0.5) is 0 Å². The largest absolute Gasteiger partial charge is 0.310 e. The van der Waals surface area contributed by atoms with Crippen LogP contribution in [0.2, 0.25) is 0 Å². The molecular formula is C20H26N2O. The lowest BCUT2D eigenvalue weighted by atomic mass is 9.95. The summed E-state index contributed by atoms with van der Waals surface area (Å²) in [6, 6.07) is 12.4. The van der Waals surface area contributed by atoms with Crippen molar-refractivity contribution in [2.45, 2.75) is 39.7 Å². The first kappa shape index (κ1) is 17.4. The minimum absolute atomic E-state index is 0.143. The summed E-state index contributed by atoms with van der Waals surface area (Å²) in [5.74, 6) is 0.765. The molecule has 0 fully saturated rings. The van der Waals surface area contributed by atoms with Crippen LogP contribution in [-0.4, -0.2) is 23.9 Å². The molecule has 23 heavy (non-hydrogen) atoms. The van der Waals surface area contributed by atoms with Crippen LogP contribution in [0, 0.1) is 5.92 Å². The zero-order chi connectivity index (χ0) is 16.8. The van der Waals surface area contributed by atoms with Crippen molar-refractivity contribution in [3.63, 3.8) is 0 Å². The average molecular weight is 310 g/mol. The molecule has 0 saturated carbocycles. The van der Waals surface area contributed by atoms with Crippen molar-refractivity contribution in [3.05, 3.63) is 53.7 Å². The molecule has 0 aliphatic carbocycles. The lowest BCUT2D eigenvalue weighted by molar-refractivity contribution is -0.118. The molecule has 1 N–H and O–H groups in total. The number of Topliss-reactive ketones (excluding diaryl/α,β-unsaturated/α-hetero) is 1. The van der Waals surface area contributed by atoms with Gasteiger partial charge in [0.15, 0.2) is 0 Å². The zero-order valence-corrected chi connectivity index (χ0v) is 14.5. The molecule has 1 aromatic carbocycles. The summed E-state index contributed by atoms with van der Waals surface area (Å²) in [6.45, 7) is 6.07. The molecule has 0 aliphatic rings. The van der Waals surface area contributed by atoms with E-state index in [0.29, 0.717) is 12.3 Å². The number of carbonyl (C=O) groups is 1. The Bertz CT molecular complexity index is 647. The van der Waals surface area contributed by atoms with Crippen molar-refractivity contribution in [3.8, 4) is 11.3 Å². The number of rotatable bonds is 7. The second kappa shape index (κ2) is 8.02. The Balaban J connectivity index is 2.21.